The van der Waals surface area contributed by atoms with Gasteiger partial charge in [-0.15, -0.1) is 0 Å². The van der Waals surface area contributed by atoms with Crippen LogP contribution in [0.4, 0.5) is 10.1 Å². The van der Waals surface area contributed by atoms with Gasteiger partial charge < -0.3 is 15.2 Å². The molecule has 3 rings (SSSR count). The van der Waals surface area contributed by atoms with E-state index >= 15 is 0 Å². The Kier molecular flexibility index (Phi) is 2.76. The van der Waals surface area contributed by atoms with Crippen molar-refractivity contribution in [3.05, 3.63) is 47.8 Å². The van der Waals surface area contributed by atoms with E-state index in [0.29, 0.717) is 6.54 Å². The maximum Gasteiger partial charge on any atom is 0.128 e. The monoisotopic (exact) mass is 246 g/mol. The summed E-state index contributed by atoms with van der Waals surface area (Å²) in [4.78, 5) is 6.52. The molecule has 2 N–H and O–H groups in total. The molecule has 0 bridgehead atoms. The Morgan fingerprint density at radius 1 is 1.33 bits per heavy atom. The second kappa shape index (κ2) is 4.42. The number of hydrogen-bond donors (Lipinski definition) is 1. The van der Waals surface area contributed by atoms with Gasteiger partial charge in [0.15, 0.2) is 0 Å². The van der Waals surface area contributed by atoms with Crippen LogP contribution in [0.2, 0.25) is 0 Å². The Balaban J connectivity index is 1.93. The van der Waals surface area contributed by atoms with Gasteiger partial charge in [-0.1, -0.05) is 0 Å². The lowest BCUT2D eigenvalue weighted by Gasteiger charge is -2.31. The molecule has 0 unspecified atom stereocenters. The molecule has 1 aliphatic rings. The van der Waals surface area contributed by atoms with Crippen LogP contribution in [0.25, 0.3) is 0 Å². The van der Waals surface area contributed by atoms with Crippen molar-refractivity contribution < 1.29 is 4.39 Å². The first kappa shape index (κ1) is 11.2. The van der Waals surface area contributed by atoms with Crippen molar-refractivity contribution in [2.45, 2.75) is 19.6 Å². The first-order chi connectivity index (χ1) is 8.78. The zero-order chi connectivity index (χ0) is 12.5. The Bertz CT molecular complexity index is 564. The highest BCUT2D eigenvalue weighted by Crippen LogP contribution is 2.25. The first-order valence-corrected chi connectivity index (χ1v) is 6.01. The number of imidazole rings is 1. The molecular formula is C13H15FN4. The summed E-state index contributed by atoms with van der Waals surface area (Å²) >= 11 is 0. The lowest BCUT2D eigenvalue weighted by Crippen LogP contribution is -2.34. The van der Waals surface area contributed by atoms with Crippen LogP contribution < -0.4 is 10.6 Å². The van der Waals surface area contributed by atoms with Crippen LogP contribution in [0.1, 0.15) is 11.4 Å². The molecule has 0 radical (unpaired) electrons. The molecule has 18 heavy (non-hydrogen) atoms. The molecule has 0 saturated heterocycles. The number of benzene rings is 1. The Morgan fingerprint density at radius 3 is 3.06 bits per heavy atom. The molecule has 0 atom stereocenters. The van der Waals surface area contributed by atoms with Gasteiger partial charge in [0, 0.05) is 37.7 Å². The van der Waals surface area contributed by atoms with Crippen LogP contribution in [-0.4, -0.2) is 16.1 Å². The van der Waals surface area contributed by atoms with E-state index in [1.807, 2.05) is 12.4 Å². The quantitative estimate of drug-likeness (QED) is 0.873. The fourth-order valence-electron chi connectivity index (χ4n) is 2.41. The van der Waals surface area contributed by atoms with Crippen molar-refractivity contribution in [1.82, 2.24) is 9.55 Å². The third-order valence-corrected chi connectivity index (χ3v) is 3.35. The summed E-state index contributed by atoms with van der Waals surface area (Å²) in [6.45, 7) is 2.88. The first-order valence-electron chi connectivity index (χ1n) is 6.01. The minimum Gasteiger partial charge on any atom is -0.362 e. The fraction of sp³-hybridized carbons (Fsp3) is 0.308. The van der Waals surface area contributed by atoms with Gasteiger partial charge in [0.2, 0.25) is 0 Å². The average Bonchev–Trinajstić information content (AvgIpc) is 2.85. The highest BCUT2D eigenvalue weighted by Gasteiger charge is 2.18. The average molecular weight is 246 g/mol. The molecule has 0 fully saturated rings. The molecule has 2 aromatic rings. The Morgan fingerprint density at radius 2 is 2.22 bits per heavy atom. The van der Waals surface area contributed by atoms with Gasteiger partial charge >= 0.3 is 0 Å². The van der Waals surface area contributed by atoms with E-state index in [-0.39, 0.29) is 5.82 Å². The zero-order valence-corrected chi connectivity index (χ0v) is 10.0. The normalized spacial score (nSPS) is 14.7. The van der Waals surface area contributed by atoms with E-state index in [4.69, 9.17) is 5.73 Å². The number of hydrogen-bond acceptors (Lipinski definition) is 3. The molecule has 1 aromatic heterocycles. The number of aromatic nitrogens is 2. The number of fused-ring (bicyclic) bond motifs is 1. The summed E-state index contributed by atoms with van der Waals surface area (Å²) in [7, 11) is 0. The number of halogens is 1. The van der Waals surface area contributed by atoms with E-state index in [1.54, 1.807) is 6.07 Å². The largest absolute Gasteiger partial charge is 0.362 e. The molecule has 5 heteroatoms. The molecule has 0 amide bonds. The predicted molar refractivity (Wildman–Crippen MR) is 67.6 cm³/mol. The summed E-state index contributed by atoms with van der Waals surface area (Å²) in [5.74, 6) is 0.797. The van der Waals surface area contributed by atoms with Crippen molar-refractivity contribution in [1.29, 1.82) is 0 Å². The minimum absolute atomic E-state index is 0.238. The topological polar surface area (TPSA) is 47.1 Å². The van der Waals surface area contributed by atoms with E-state index in [2.05, 4.69) is 14.5 Å². The molecule has 2 heterocycles. The fourth-order valence-corrected chi connectivity index (χ4v) is 2.41. The van der Waals surface area contributed by atoms with Crippen LogP contribution in [0.5, 0.6) is 0 Å². The van der Waals surface area contributed by atoms with Crippen LogP contribution in [0, 0.1) is 5.82 Å². The van der Waals surface area contributed by atoms with Crippen molar-refractivity contribution in [3.8, 4) is 0 Å². The van der Waals surface area contributed by atoms with Crippen LogP contribution in [0.15, 0.2) is 30.6 Å². The van der Waals surface area contributed by atoms with Crippen molar-refractivity contribution in [2.24, 2.45) is 5.73 Å². The predicted octanol–water partition coefficient (Wildman–Crippen LogP) is 1.50. The van der Waals surface area contributed by atoms with Crippen LogP contribution in [0.3, 0.4) is 0 Å². The molecular weight excluding hydrogens is 231 g/mol. The number of nitrogens with two attached hydrogens (primary N) is 1. The van der Waals surface area contributed by atoms with Gasteiger partial charge in [0.05, 0.1) is 6.54 Å². The second-order valence-corrected chi connectivity index (χ2v) is 4.44. The molecule has 0 saturated carbocycles. The Hall–Kier alpha value is -1.88. The molecule has 4 nitrogen and oxygen atoms in total. The third-order valence-electron chi connectivity index (χ3n) is 3.35. The van der Waals surface area contributed by atoms with Gasteiger partial charge in [0.1, 0.15) is 11.6 Å². The van der Waals surface area contributed by atoms with Gasteiger partial charge in [0.25, 0.3) is 0 Å². The van der Waals surface area contributed by atoms with Crippen molar-refractivity contribution in [3.63, 3.8) is 0 Å². The molecule has 1 aliphatic heterocycles. The second-order valence-electron chi connectivity index (χ2n) is 4.44. The summed E-state index contributed by atoms with van der Waals surface area (Å²) in [5.41, 5.74) is 7.54. The third kappa shape index (κ3) is 1.86. The van der Waals surface area contributed by atoms with E-state index in [0.717, 1.165) is 36.7 Å². The summed E-state index contributed by atoms with van der Waals surface area (Å²) in [5, 5.41) is 0. The summed E-state index contributed by atoms with van der Waals surface area (Å²) < 4.78 is 15.3. The van der Waals surface area contributed by atoms with Gasteiger partial charge in [-0.3, -0.25) is 0 Å². The lowest BCUT2D eigenvalue weighted by molar-refractivity contribution is 0.557. The van der Waals surface area contributed by atoms with Crippen molar-refractivity contribution >= 4 is 5.69 Å². The van der Waals surface area contributed by atoms with Crippen LogP contribution >= 0.6 is 0 Å². The minimum atomic E-state index is -0.238. The van der Waals surface area contributed by atoms with Gasteiger partial charge in [-0.2, -0.15) is 0 Å². The van der Waals surface area contributed by atoms with Gasteiger partial charge in [-0.05, 0) is 23.8 Å². The molecule has 94 valence electrons. The maximum absolute atomic E-state index is 13.2. The number of anilines is 1. The summed E-state index contributed by atoms with van der Waals surface area (Å²) in [6.07, 6.45) is 3.80. The zero-order valence-electron chi connectivity index (χ0n) is 10.0. The highest BCUT2D eigenvalue weighted by molar-refractivity contribution is 5.54. The maximum atomic E-state index is 13.2. The van der Waals surface area contributed by atoms with Crippen LogP contribution in [-0.2, 0) is 19.6 Å². The number of nitrogens with zero attached hydrogens (tertiary/aromatic N) is 3. The van der Waals surface area contributed by atoms with E-state index < -0.39 is 0 Å². The van der Waals surface area contributed by atoms with E-state index in [1.165, 1.54) is 12.1 Å². The highest BCUT2D eigenvalue weighted by atomic mass is 19.1. The molecule has 1 aromatic carbocycles. The molecule has 0 spiro atoms. The SMILES string of the molecule is NCc1cc(F)ccc1N1CCn2ccnc2C1. The van der Waals surface area contributed by atoms with Crippen molar-refractivity contribution in [2.75, 3.05) is 11.4 Å². The van der Waals surface area contributed by atoms with Gasteiger partial charge in [-0.25, -0.2) is 9.37 Å². The standard InChI is InChI=1S/C13H15FN4/c14-11-1-2-12(10(7-11)8-15)18-6-5-17-4-3-16-13(17)9-18/h1-4,7H,5-6,8-9,15H2. The molecule has 0 aliphatic carbocycles. The summed E-state index contributed by atoms with van der Waals surface area (Å²) in [6, 6.07) is 4.79. The van der Waals surface area contributed by atoms with E-state index in [9.17, 15) is 4.39 Å². The smallest absolute Gasteiger partial charge is 0.128 e. The lowest BCUT2D eigenvalue weighted by atomic mass is 10.1. The Labute approximate surface area is 105 Å². The number of rotatable bonds is 2.